The fraction of sp³-hybridized carbons (Fsp3) is 0.619. The summed E-state index contributed by atoms with van der Waals surface area (Å²) in [5.41, 5.74) is 1.56. The van der Waals surface area contributed by atoms with Gasteiger partial charge in [0.05, 0.1) is 25.2 Å². The van der Waals surface area contributed by atoms with Crippen LogP contribution in [0, 0.1) is 13.1 Å². The molecular formula is C42H56N4Na2O9. The van der Waals surface area contributed by atoms with E-state index in [-0.39, 0.29) is 114 Å². The van der Waals surface area contributed by atoms with Crippen LogP contribution in [-0.2, 0) is 19.1 Å². The van der Waals surface area contributed by atoms with E-state index in [2.05, 4.69) is 9.69 Å². The van der Waals surface area contributed by atoms with Gasteiger partial charge in [0, 0.05) is 56.9 Å². The van der Waals surface area contributed by atoms with Crippen molar-refractivity contribution in [1.29, 1.82) is 0 Å². The largest absolute Gasteiger partial charge is 1.00 e. The fourth-order valence-electron chi connectivity index (χ4n) is 7.99. The van der Waals surface area contributed by atoms with Crippen molar-refractivity contribution in [3.05, 3.63) is 70.4 Å². The topological polar surface area (TPSA) is 160 Å². The van der Waals surface area contributed by atoms with Crippen molar-refractivity contribution in [1.82, 2.24) is 9.80 Å². The number of carbonyl (C=O) groups excluding carboxylic acids is 2. The molecule has 2 aromatic rings. The van der Waals surface area contributed by atoms with Crippen molar-refractivity contribution in [2.24, 2.45) is 0 Å². The zero-order valence-electron chi connectivity index (χ0n) is 34.6. The first kappa shape index (κ1) is 50.9. The van der Waals surface area contributed by atoms with Crippen LogP contribution in [0.3, 0.4) is 0 Å². The average molecular weight is 807 g/mol. The van der Waals surface area contributed by atoms with E-state index in [4.69, 9.17) is 37.2 Å². The van der Waals surface area contributed by atoms with Crippen LogP contribution in [0.25, 0.3) is 9.69 Å². The minimum Gasteiger partial charge on any atom is -0.870 e. The number of benzene rings is 2. The molecule has 2 saturated heterocycles. The Hall–Kier alpha value is -2.24. The molecule has 13 nitrogen and oxygen atoms in total. The third kappa shape index (κ3) is 12.4. The first-order chi connectivity index (χ1) is 25.9. The Morgan fingerprint density at radius 1 is 0.737 bits per heavy atom. The van der Waals surface area contributed by atoms with E-state index in [0.29, 0.717) is 62.7 Å². The van der Waals surface area contributed by atoms with Crippen LogP contribution >= 0.6 is 0 Å². The first-order valence-electron chi connectivity index (χ1n) is 19.4. The van der Waals surface area contributed by atoms with Crippen molar-refractivity contribution in [3.63, 3.8) is 0 Å². The van der Waals surface area contributed by atoms with Gasteiger partial charge in [-0.25, -0.2) is 9.69 Å². The molecule has 4 aliphatic heterocycles. The number of hydrogen-bond donors (Lipinski definition) is 1. The SMILES string of the molecule is [C-]#[N+]c1ccc2c(c1)[C@@H](N1CCCC1=O)[C@H](OCCCCCO)C(C)(C)O2.[C-]#[N+]c1ccc2c(c1)[C@@H](N1CCCC1=O)[C@H](OCCCCC[O-])C(C)(C)O2.[Na+].[Na+].[OH-]. The summed E-state index contributed by atoms with van der Waals surface area (Å²) in [5.74, 6) is 1.68. The maximum absolute atomic E-state index is 12.6. The molecule has 0 aliphatic carbocycles. The van der Waals surface area contributed by atoms with Gasteiger partial charge in [-0.2, -0.15) is 0 Å². The van der Waals surface area contributed by atoms with Crippen molar-refractivity contribution in [2.45, 2.75) is 127 Å². The molecule has 15 heteroatoms. The van der Waals surface area contributed by atoms with Crippen LogP contribution in [0.4, 0.5) is 11.4 Å². The van der Waals surface area contributed by atoms with Crippen molar-refractivity contribution >= 4 is 23.2 Å². The summed E-state index contributed by atoms with van der Waals surface area (Å²) in [5, 5.41) is 19.6. The molecule has 2 amide bonds. The number of aliphatic hydroxyl groups is 1. The van der Waals surface area contributed by atoms with Crippen LogP contribution in [0.15, 0.2) is 36.4 Å². The molecule has 57 heavy (non-hydrogen) atoms. The summed E-state index contributed by atoms with van der Waals surface area (Å²) in [4.78, 5) is 36.0. The normalized spacial score (nSPS) is 22.4. The Bertz CT molecular complexity index is 1590. The van der Waals surface area contributed by atoms with Crippen LogP contribution in [0.2, 0.25) is 0 Å². The molecule has 0 unspecified atom stereocenters. The van der Waals surface area contributed by atoms with Crippen LogP contribution < -0.4 is 73.7 Å². The summed E-state index contributed by atoms with van der Waals surface area (Å²) in [7, 11) is 0. The summed E-state index contributed by atoms with van der Waals surface area (Å²) in [6, 6.07) is 10.3. The Balaban J connectivity index is 0.000000374. The Morgan fingerprint density at radius 2 is 1.16 bits per heavy atom. The molecular weight excluding hydrogens is 750 g/mol. The van der Waals surface area contributed by atoms with Crippen molar-refractivity contribution in [2.75, 3.05) is 39.5 Å². The summed E-state index contributed by atoms with van der Waals surface area (Å²) >= 11 is 0. The van der Waals surface area contributed by atoms with Gasteiger partial charge in [0.15, 0.2) is 11.4 Å². The molecule has 0 radical (unpaired) electrons. The van der Waals surface area contributed by atoms with E-state index in [9.17, 15) is 14.7 Å². The maximum Gasteiger partial charge on any atom is 1.00 e. The number of likely N-dealkylation sites (tertiary alicyclic amines) is 2. The minimum atomic E-state index is -0.612. The van der Waals surface area contributed by atoms with Crippen LogP contribution in [0.1, 0.15) is 115 Å². The number of fused-ring (bicyclic) bond motifs is 2. The fourth-order valence-corrected chi connectivity index (χ4v) is 7.99. The number of amides is 2. The van der Waals surface area contributed by atoms with Gasteiger partial charge < -0.3 is 44.4 Å². The standard InChI is InChI=1S/C21H28N2O4.C21H27N2O4.2Na.H2O/c2*1-21(2)20(26-13-6-4-5-12-24)19(23-11-7-8-18(23)25)16-14-15(22-3)9-10-17(16)27-21;;;/h9-10,14,19-20,24H,4-8,11-13H2,1-2H3;9-10,14,19-20H,4-8,11-13H2,1-2H3;;;1H2/q;-1;2*+1;/p-1/t2*19-,20+;;;/m11.../s1. The number of hydrogen-bond acceptors (Lipinski definition) is 9. The van der Waals surface area contributed by atoms with Gasteiger partial charge in [0.25, 0.3) is 0 Å². The summed E-state index contributed by atoms with van der Waals surface area (Å²) in [6.07, 6.45) is 6.94. The number of carbonyl (C=O) groups is 2. The van der Waals surface area contributed by atoms with Gasteiger partial charge in [-0.15, -0.1) is 6.61 Å². The predicted octanol–water partition coefficient (Wildman–Crippen LogP) is 0.439. The van der Waals surface area contributed by atoms with E-state index < -0.39 is 11.2 Å². The third-order valence-corrected chi connectivity index (χ3v) is 10.6. The number of ether oxygens (including phenoxy) is 4. The second-order valence-corrected chi connectivity index (χ2v) is 15.5. The Morgan fingerprint density at radius 3 is 1.51 bits per heavy atom. The molecule has 0 aromatic heterocycles. The monoisotopic (exact) mass is 806 g/mol. The first-order valence-corrected chi connectivity index (χ1v) is 19.4. The third-order valence-electron chi connectivity index (χ3n) is 10.6. The smallest absolute Gasteiger partial charge is 0.870 e. The van der Waals surface area contributed by atoms with E-state index in [0.717, 1.165) is 61.8 Å². The van der Waals surface area contributed by atoms with Crippen molar-refractivity contribution < 1.29 is 103 Å². The zero-order valence-corrected chi connectivity index (χ0v) is 38.6. The number of nitrogens with zero attached hydrogens (tertiary/aromatic N) is 4. The molecule has 4 atom stereocenters. The minimum absolute atomic E-state index is 0. The maximum atomic E-state index is 12.6. The Labute approximate surface area is 382 Å². The van der Waals surface area contributed by atoms with Crippen LogP contribution in [-0.4, -0.2) is 95.1 Å². The zero-order chi connectivity index (χ0) is 38.9. The predicted molar refractivity (Wildman–Crippen MR) is 203 cm³/mol. The van der Waals surface area contributed by atoms with Gasteiger partial charge in [0.2, 0.25) is 11.8 Å². The van der Waals surface area contributed by atoms with Crippen molar-refractivity contribution in [3.8, 4) is 11.5 Å². The molecule has 2 N–H and O–H groups in total. The molecule has 0 spiro atoms. The van der Waals surface area contributed by atoms with Gasteiger partial charge in [-0.3, -0.25) is 9.59 Å². The number of unbranched alkanes of at least 4 members (excludes halogenated alkanes) is 4. The van der Waals surface area contributed by atoms with E-state index >= 15 is 0 Å². The van der Waals surface area contributed by atoms with Gasteiger partial charge in [-0.05, 0) is 90.5 Å². The van der Waals surface area contributed by atoms with Gasteiger partial charge >= 0.3 is 59.1 Å². The van der Waals surface area contributed by atoms with E-state index in [1.807, 2.05) is 61.8 Å². The second-order valence-electron chi connectivity index (χ2n) is 15.5. The van der Waals surface area contributed by atoms with Gasteiger partial charge in [0.1, 0.15) is 34.9 Å². The van der Waals surface area contributed by atoms with E-state index in [1.165, 1.54) is 0 Å². The molecule has 0 bridgehead atoms. The molecule has 4 aliphatic rings. The number of aliphatic hydroxyl groups excluding tert-OH is 1. The molecule has 2 aromatic carbocycles. The molecule has 0 saturated carbocycles. The summed E-state index contributed by atoms with van der Waals surface area (Å²) < 4.78 is 25.0. The molecule has 6 rings (SSSR count). The quantitative estimate of drug-likeness (QED) is 0.163. The molecule has 300 valence electrons. The average Bonchev–Trinajstić information content (AvgIpc) is 3.78. The van der Waals surface area contributed by atoms with E-state index in [1.54, 1.807) is 12.1 Å². The number of rotatable bonds is 14. The second kappa shape index (κ2) is 23.5. The molecule has 4 heterocycles. The molecule has 2 fully saturated rings. The van der Waals surface area contributed by atoms with Crippen LogP contribution in [0.5, 0.6) is 11.5 Å². The Kier molecular flexibility index (Phi) is 21.0. The summed E-state index contributed by atoms with van der Waals surface area (Å²) in [6.45, 7) is 25.2. The van der Waals surface area contributed by atoms with Gasteiger partial charge in [-0.1, -0.05) is 25.0 Å².